The first-order chi connectivity index (χ1) is 10.0. The zero-order valence-electron chi connectivity index (χ0n) is 12.4. The van der Waals surface area contributed by atoms with Gasteiger partial charge in [0.15, 0.2) is 5.11 Å². The third-order valence-electron chi connectivity index (χ3n) is 3.36. The van der Waals surface area contributed by atoms with Crippen LogP contribution in [0.5, 0.6) is 0 Å². The Hall–Kier alpha value is -1.59. The van der Waals surface area contributed by atoms with Crippen LogP contribution in [0.25, 0.3) is 0 Å². The van der Waals surface area contributed by atoms with Gasteiger partial charge in [-0.15, -0.1) is 0 Å². The summed E-state index contributed by atoms with van der Waals surface area (Å²) in [7, 11) is 0. The first-order valence-electron chi connectivity index (χ1n) is 6.86. The standard InChI is InChI=1S/C15H19ClN4S/c1-4-20-11(3)14(9-17-20)10(2)18-15(21)19-13-7-5-12(16)6-8-13/h5-10H,4H2,1-3H3,(H2,18,19,21). The third-order valence-corrected chi connectivity index (χ3v) is 3.83. The predicted octanol–water partition coefficient (Wildman–Crippen LogP) is 3.91. The molecule has 1 aromatic heterocycles. The quantitative estimate of drug-likeness (QED) is 0.837. The number of halogens is 1. The van der Waals surface area contributed by atoms with Crippen LogP contribution in [0.4, 0.5) is 5.69 Å². The summed E-state index contributed by atoms with van der Waals surface area (Å²) in [6.07, 6.45) is 1.89. The lowest BCUT2D eigenvalue weighted by molar-refractivity contribution is 0.633. The van der Waals surface area contributed by atoms with Crippen molar-refractivity contribution in [3.05, 3.63) is 46.7 Å². The molecule has 112 valence electrons. The average molecular weight is 323 g/mol. The van der Waals surface area contributed by atoms with E-state index in [-0.39, 0.29) is 6.04 Å². The van der Waals surface area contributed by atoms with Gasteiger partial charge in [0, 0.05) is 28.5 Å². The van der Waals surface area contributed by atoms with Crippen molar-refractivity contribution in [3.8, 4) is 0 Å². The van der Waals surface area contributed by atoms with Crippen LogP contribution in [0.1, 0.15) is 31.1 Å². The maximum Gasteiger partial charge on any atom is 0.171 e. The number of benzene rings is 1. The molecule has 0 spiro atoms. The van der Waals surface area contributed by atoms with Gasteiger partial charge in [-0.1, -0.05) is 11.6 Å². The fourth-order valence-electron chi connectivity index (χ4n) is 2.18. The largest absolute Gasteiger partial charge is 0.356 e. The molecule has 4 nitrogen and oxygen atoms in total. The highest BCUT2D eigenvalue weighted by Crippen LogP contribution is 2.17. The monoisotopic (exact) mass is 322 g/mol. The van der Waals surface area contributed by atoms with Gasteiger partial charge < -0.3 is 10.6 Å². The van der Waals surface area contributed by atoms with E-state index in [0.717, 1.165) is 23.5 Å². The van der Waals surface area contributed by atoms with E-state index in [4.69, 9.17) is 23.8 Å². The number of hydrogen-bond donors (Lipinski definition) is 2. The Morgan fingerprint density at radius 2 is 2.05 bits per heavy atom. The highest BCUT2D eigenvalue weighted by Gasteiger charge is 2.13. The molecule has 2 rings (SSSR count). The molecule has 0 radical (unpaired) electrons. The lowest BCUT2D eigenvalue weighted by atomic mass is 10.1. The van der Waals surface area contributed by atoms with E-state index in [2.05, 4.69) is 36.5 Å². The molecule has 1 aromatic carbocycles. The average Bonchev–Trinajstić information content (AvgIpc) is 2.82. The zero-order valence-corrected chi connectivity index (χ0v) is 13.9. The van der Waals surface area contributed by atoms with E-state index in [9.17, 15) is 0 Å². The van der Waals surface area contributed by atoms with Crippen LogP contribution in [0.15, 0.2) is 30.5 Å². The van der Waals surface area contributed by atoms with Gasteiger partial charge in [-0.05, 0) is 57.3 Å². The summed E-state index contributed by atoms with van der Waals surface area (Å²) in [5, 5.41) is 12.1. The normalized spacial score (nSPS) is 12.0. The van der Waals surface area contributed by atoms with Gasteiger partial charge >= 0.3 is 0 Å². The first-order valence-corrected chi connectivity index (χ1v) is 7.65. The minimum Gasteiger partial charge on any atom is -0.356 e. The maximum absolute atomic E-state index is 5.86. The molecule has 0 bridgehead atoms. The molecule has 21 heavy (non-hydrogen) atoms. The highest BCUT2D eigenvalue weighted by molar-refractivity contribution is 7.80. The lowest BCUT2D eigenvalue weighted by Gasteiger charge is -2.17. The van der Waals surface area contributed by atoms with Gasteiger partial charge in [-0.25, -0.2) is 0 Å². The Balaban J connectivity index is 1.98. The van der Waals surface area contributed by atoms with Crippen molar-refractivity contribution in [3.63, 3.8) is 0 Å². The number of rotatable bonds is 4. The van der Waals surface area contributed by atoms with E-state index in [1.54, 1.807) is 0 Å². The smallest absolute Gasteiger partial charge is 0.171 e. The summed E-state index contributed by atoms with van der Waals surface area (Å²) >= 11 is 11.2. The number of anilines is 1. The number of aromatic nitrogens is 2. The highest BCUT2D eigenvalue weighted by atomic mass is 35.5. The summed E-state index contributed by atoms with van der Waals surface area (Å²) in [4.78, 5) is 0. The van der Waals surface area contributed by atoms with Crippen LogP contribution < -0.4 is 10.6 Å². The summed E-state index contributed by atoms with van der Waals surface area (Å²) < 4.78 is 1.98. The van der Waals surface area contributed by atoms with Gasteiger partial charge in [0.2, 0.25) is 0 Å². The molecule has 2 aromatic rings. The van der Waals surface area contributed by atoms with E-state index in [0.29, 0.717) is 10.1 Å². The summed E-state index contributed by atoms with van der Waals surface area (Å²) in [6, 6.07) is 7.52. The van der Waals surface area contributed by atoms with Gasteiger partial charge in [-0.2, -0.15) is 5.10 Å². The molecule has 1 heterocycles. The number of thiocarbonyl (C=S) groups is 1. The second kappa shape index (κ2) is 6.91. The summed E-state index contributed by atoms with van der Waals surface area (Å²) in [6.45, 7) is 7.08. The maximum atomic E-state index is 5.86. The van der Waals surface area contributed by atoms with Crippen LogP contribution in [0, 0.1) is 6.92 Å². The third kappa shape index (κ3) is 3.95. The SMILES string of the molecule is CCn1ncc(C(C)NC(=S)Nc2ccc(Cl)cc2)c1C. The Morgan fingerprint density at radius 3 is 2.62 bits per heavy atom. The minimum atomic E-state index is 0.0950. The number of nitrogens with zero attached hydrogens (tertiary/aromatic N) is 2. The van der Waals surface area contributed by atoms with Crippen molar-refractivity contribution < 1.29 is 0 Å². The molecule has 1 atom stereocenters. The Morgan fingerprint density at radius 1 is 1.38 bits per heavy atom. The fraction of sp³-hybridized carbons (Fsp3) is 0.333. The molecule has 6 heteroatoms. The topological polar surface area (TPSA) is 41.9 Å². The number of nitrogens with one attached hydrogen (secondary N) is 2. The molecule has 0 saturated carbocycles. The molecule has 0 aliphatic heterocycles. The summed E-state index contributed by atoms with van der Waals surface area (Å²) in [5.74, 6) is 0. The first kappa shape index (κ1) is 15.8. The zero-order chi connectivity index (χ0) is 15.4. The van der Waals surface area contributed by atoms with Crippen LogP contribution in [0.2, 0.25) is 5.02 Å². The molecular formula is C15H19ClN4S. The Bertz CT molecular complexity index is 621. The van der Waals surface area contributed by atoms with Gasteiger partial charge in [0.05, 0.1) is 12.2 Å². The second-order valence-corrected chi connectivity index (χ2v) is 5.67. The van der Waals surface area contributed by atoms with Gasteiger partial charge in [-0.3, -0.25) is 4.68 Å². The molecule has 1 unspecified atom stereocenters. The van der Waals surface area contributed by atoms with Crippen molar-refractivity contribution in [1.29, 1.82) is 0 Å². The predicted molar refractivity (Wildman–Crippen MR) is 91.9 cm³/mol. The van der Waals surface area contributed by atoms with Crippen molar-refractivity contribution in [1.82, 2.24) is 15.1 Å². The summed E-state index contributed by atoms with van der Waals surface area (Å²) in [5.41, 5.74) is 3.22. The molecule has 2 N–H and O–H groups in total. The van der Waals surface area contributed by atoms with Crippen molar-refractivity contribution in [2.24, 2.45) is 0 Å². The Kier molecular flexibility index (Phi) is 5.20. The Labute approximate surface area is 135 Å². The van der Waals surface area contributed by atoms with Crippen molar-refractivity contribution in [2.45, 2.75) is 33.4 Å². The molecule has 0 saturated heterocycles. The van der Waals surface area contributed by atoms with Crippen LogP contribution in [0.3, 0.4) is 0 Å². The van der Waals surface area contributed by atoms with Crippen LogP contribution >= 0.6 is 23.8 Å². The number of hydrogen-bond acceptors (Lipinski definition) is 2. The van der Waals surface area contributed by atoms with Crippen molar-refractivity contribution in [2.75, 3.05) is 5.32 Å². The van der Waals surface area contributed by atoms with Gasteiger partial charge in [0.25, 0.3) is 0 Å². The number of aryl methyl sites for hydroxylation is 1. The molecule has 0 aliphatic rings. The lowest BCUT2D eigenvalue weighted by Crippen LogP contribution is -2.31. The van der Waals surface area contributed by atoms with E-state index >= 15 is 0 Å². The molecule has 0 amide bonds. The second-order valence-electron chi connectivity index (χ2n) is 4.83. The van der Waals surface area contributed by atoms with Crippen LogP contribution in [-0.4, -0.2) is 14.9 Å². The van der Waals surface area contributed by atoms with E-state index in [1.807, 2.05) is 35.1 Å². The van der Waals surface area contributed by atoms with Crippen LogP contribution in [-0.2, 0) is 6.54 Å². The van der Waals surface area contributed by atoms with E-state index < -0.39 is 0 Å². The minimum absolute atomic E-state index is 0.0950. The van der Waals surface area contributed by atoms with E-state index in [1.165, 1.54) is 0 Å². The molecule has 0 aliphatic carbocycles. The van der Waals surface area contributed by atoms with Crippen molar-refractivity contribution >= 4 is 34.6 Å². The molecular weight excluding hydrogens is 304 g/mol. The van der Waals surface area contributed by atoms with Gasteiger partial charge in [0.1, 0.15) is 0 Å². The fourth-order valence-corrected chi connectivity index (χ4v) is 2.60. The molecule has 0 fully saturated rings.